The maximum absolute atomic E-state index is 12.3. The molecule has 1 heterocycles. The minimum Gasteiger partial charge on any atom is -0.480 e. The zero-order valence-electron chi connectivity index (χ0n) is 13.4. The first kappa shape index (κ1) is 16.8. The smallest absolute Gasteiger partial charge is 0.329 e. The number of hydrogen-bond acceptors (Lipinski definition) is 3. The number of carbonyl (C=O) groups is 2. The van der Waals surface area contributed by atoms with Crippen LogP contribution in [0.25, 0.3) is 11.0 Å². The van der Waals surface area contributed by atoms with Crippen LogP contribution in [0.15, 0.2) is 29.1 Å². The number of carboxylic acid groups (broad SMARTS) is 1. The molecule has 0 aliphatic carbocycles. The molecule has 0 unspecified atom stereocenters. The Hall–Kier alpha value is -2.57. The Morgan fingerprint density at radius 2 is 1.87 bits per heavy atom. The highest BCUT2D eigenvalue weighted by Gasteiger charge is 2.25. The number of para-hydroxylation sites is 2. The second-order valence-corrected chi connectivity index (χ2v) is 5.69. The minimum atomic E-state index is -1.07. The van der Waals surface area contributed by atoms with Gasteiger partial charge in [0.25, 0.3) is 0 Å². The summed E-state index contributed by atoms with van der Waals surface area (Å²) in [5.41, 5.74) is 1.06. The molecule has 0 aliphatic heterocycles. The molecule has 1 aromatic carbocycles. The molecule has 2 rings (SSSR count). The molecule has 0 fully saturated rings. The van der Waals surface area contributed by atoms with Crippen LogP contribution in [0.2, 0.25) is 0 Å². The summed E-state index contributed by atoms with van der Waals surface area (Å²) in [6.07, 6.45) is 0.630. The van der Waals surface area contributed by atoms with E-state index in [0.29, 0.717) is 11.9 Å². The average molecular weight is 319 g/mol. The number of aromatic nitrogens is 2. The minimum absolute atomic E-state index is 0.194. The van der Waals surface area contributed by atoms with Gasteiger partial charge < -0.3 is 10.4 Å². The molecule has 1 amide bonds. The first-order valence-electron chi connectivity index (χ1n) is 7.53. The van der Waals surface area contributed by atoms with Gasteiger partial charge in [-0.25, -0.2) is 9.59 Å². The number of nitrogens with zero attached hydrogens (tertiary/aromatic N) is 2. The first-order chi connectivity index (χ1) is 10.9. The Morgan fingerprint density at radius 1 is 1.26 bits per heavy atom. The highest BCUT2D eigenvalue weighted by molar-refractivity contribution is 5.85. The quantitative estimate of drug-likeness (QED) is 0.829. The lowest BCUT2D eigenvalue weighted by molar-refractivity contribution is -0.143. The van der Waals surface area contributed by atoms with Crippen LogP contribution < -0.4 is 11.0 Å². The number of carbonyl (C=O) groups excluding carboxylic acids is 1. The molecule has 0 saturated carbocycles. The molecule has 2 aromatic rings. The molecule has 7 heteroatoms. The lowest BCUT2D eigenvalue weighted by atomic mass is 9.99. The third-order valence-electron chi connectivity index (χ3n) is 4.15. The lowest BCUT2D eigenvalue weighted by Gasteiger charge is -2.20. The molecule has 0 bridgehead atoms. The van der Waals surface area contributed by atoms with Gasteiger partial charge in [0.2, 0.25) is 5.91 Å². The number of aliphatic carboxylic acids is 1. The van der Waals surface area contributed by atoms with Crippen LogP contribution >= 0.6 is 0 Å². The topological polar surface area (TPSA) is 93.3 Å². The summed E-state index contributed by atoms with van der Waals surface area (Å²) in [6, 6.07) is 6.20. The average Bonchev–Trinajstić information content (AvgIpc) is 2.77. The summed E-state index contributed by atoms with van der Waals surface area (Å²) >= 11 is 0. The standard InChI is InChI=1S/C16H21N3O4/c1-4-10(2)14(15(21)22)17-13(20)9-19-12-8-6-5-7-11(12)18(3)16(19)23/h5-8,10,14H,4,9H2,1-3H3,(H,17,20)(H,21,22)/t10-,14-/m0/s1. The van der Waals surface area contributed by atoms with E-state index in [0.717, 1.165) is 5.52 Å². The van der Waals surface area contributed by atoms with Gasteiger partial charge in [-0.05, 0) is 18.1 Å². The second kappa shape index (κ2) is 6.68. The number of nitrogens with one attached hydrogen (secondary N) is 1. The van der Waals surface area contributed by atoms with Gasteiger partial charge in [0, 0.05) is 7.05 Å². The van der Waals surface area contributed by atoms with Gasteiger partial charge in [0.15, 0.2) is 0 Å². The molecular weight excluding hydrogens is 298 g/mol. The normalized spacial score (nSPS) is 13.7. The Labute approximate surface area is 133 Å². The molecular formula is C16H21N3O4. The zero-order chi connectivity index (χ0) is 17.1. The van der Waals surface area contributed by atoms with E-state index in [4.69, 9.17) is 0 Å². The van der Waals surface area contributed by atoms with Crippen LogP contribution in [0.4, 0.5) is 0 Å². The molecule has 0 aliphatic rings. The highest BCUT2D eigenvalue weighted by atomic mass is 16.4. The molecule has 0 spiro atoms. The fraction of sp³-hybridized carbons (Fsp3) is 0.438. The van der Waals surface area contributed by atoms with E-state index in [1.807, 2.05) is 13.0 Å². The summed E-state index contributed by atoms with van der Waals surface area (Å²) < 4.78 is 2.81. The fourth-order valence-corrected chi connectivity index (χ4v) is 2.56. The summed E-state index contributed by atoms with van der Waals surface area (Å²) in [5.74, 6) is -1.75. The van der Waals surface area contributed by atoms with E-state index >= 15 is 0 Å². The number of rotatable bonds is 6. The Morgan fingerprint density at radius 3 is 2.43 bits per heavy atom. The lowest BCUT2D eigenvalue weighted by Crippen LogP contribution is -2.46. The van der Waals surface area contributed by atoms with Gasteiger partial charge in [0.1, 0.15) is 12.6 Å². The molecule has 124 valence electrons. The van der Waals surface area contributed by atoms with E-state index in [9.17, 15) is 19.5 Å². The zero-order valence-corrected chi connectivity index (χ0v) is 13.4. The van der Waals surface area contributed by atoms with E-state index in [1.54, 1.807) is 32.2 Å². The maximum atomic E-state index is 12.3. The molecule has 23 heavy (non-hydrogen) atoms. The van der Waals surface area contributed by atoms with Crippen molar-refractivity contribution in [1.29, 1.82) is 0 Å². The van der Waals surface area contributed by atoms with Crippen molar-refractivity contribution in [3.8, 4) is 0 Å². The molecule has 0 radical (unpaired) electrons. The van der Waals surface area contributed by atoms with Gasteiger partial charge in [-0.1, -0.05) is 32.4 Å². The molecule has 7 nitrogen and oxygen atoms in total. The van der Waals surface area contributed by atoms with Crippen LogP contribution in [0.1, 0.15) is 20.3 Å². The molecule has 1 aromatic heterocycles. The van der Waals surface area contributed by atoms with E-state index in [2.05, 4.69) is 5.32 Å². The SMILES string of the molecule is CC[C@H](C)[C@H](NC(=O)Cn1c(=O)n(C)c2ccccc21)C(=O)O. The largest absolute Gasteiger partial charge is 0.480 e. The number of aryl methyl sites for hydroxylation is 1. The Bertz CT molecular complexity index is 790. The van der Waals surface area contributed by atoms with Crippen LogP contribution in [0.3, 0.4) is 0 Å². The number of hydrogen-bond donors (Lipinski definition) is 2. The number of fused-ring (bicyclic) bond motifs is 1. The van der Waals surface area contributed by atoms with Gasteiger partial charge in [0.05, 0.1) is 11.0 Å². The second-order valence-electron chi connectivity index (χ2n) is 5.69. The summed E-state index contributed by atoms with van der Waals surface area (Å²) in [6.45, 7) is 3.42. The number of imidazole rings is 1. The number of amides is 1. The van der Waals surface area contributed by atoms with Gasteiger partial charge >= 0.3 is 11.7 Å². The molecule has 2 N–H and O–H groups in total. The maximum Gasteiger partial charge on any atom is 0.329 e. The fourth-order valence-electron chi connectivity index (χ4n) is 2.56. The van der Waals surface area contributed by atoms with Gasteiger partial charge in [-0.3, -0.25) is 13.9 Å². The number of carboxylic acids is 1. The van der Waals surface area contributed by atoms with Crippen molar-refractivity contribution in [2.24, 2.45) is 13.0 Å². The van der Waals surface area contributed by atoms with Crippen molar-refractivity contribution in [2.45, 2.75) is 32.9 Å². The van der Waals surface area contributed by atoms with Gasteiger partial charge in [-0.15, -0.1) is 0 Å². The third-order valence-corrected chi connectivity index (χ3v) is 4.15. The Kier molecular flexibility index (Phi) is 4.88. The van der Waals surface area contributed by atoms with Crippen molar-refractivity contribution in [1.82, 2.24) is 14.5 Å². The van der Waals surface area contributed by atoms with Crippen molar-refractivity contribution >= 4 is 22.9 Å². The van der Waals surface area contributed by atoms with Gasteiger partial charge in [-0.2, -0.15) is 0 Å². The van der Waals surface area contributed by atoms with Crippen molar-refractivity contribution in [3.63, 3.8) is 0 Å². The third kappa shape index (κ3) is 3.28. The van der Waals surface area contributed by atoms with Crippen LogP contribution in [-0.2, 0) is 23.2 Å². The molecule has 0 saturated heterocycles. The van der Waals surface area contributed by atoms with E-state index < -0.39 is 17.9 Å². The summed E-state index contributed by atoms with van der Waals surface area (Å²) in [7, 11) is 1.64. The van der Waals surface area contributed by atoms with E-state index in [1.165, 1.54) is 9.13 Å². The van der Waals surface area contributed by atoms with Crippen molar-refractivity contribution in [2.75, 3.05) is 0 Å². The van der Waals surface area contributed by atoms with Crippen LogP contribution in [-0.4, -0.2) is 32.2 Å². The monoisotopic (exact) mass is 319 g/mol. The number of benzene rings is 1. The van der Waals surface area contributed by atoms with E-state index in [-0.39, 0.29) is 18.2 Å². The van der Waals surface area contributed by atoms with Crippen molar-refractivity contribution in [3.05, 3.63) is 34.7 Å². The molecule has 2 atom stereocenters. The summed E-state index contributed by atoms with van der Waals surface area (Å²) in [4.78, 5) is 35.8. The van der Waals surface area contributed by atoms with Crippen molar-refractivity contribution < 1.29 is 14.7 Å². The van der Waals surface area contributed by atoms with Crippen LogP contribution in [0.5, 0.6) is 0 Å². The predicted molar refractivity (Wildman–Crippen MR) is 86.2 cm³/mol. The van der Waals surface area contributed by atoms with Crippen LogP contribution in [0, 0.1) is 5.92 Å². The highest BCUT2D eigenvalue weighted by Crippen LogP contribution is 2.12. The first-order valence-corrected chi connectivity index (χ1v) is 7.53. The Balaban J connectivity index is 2.26. The summed E-state index contributed by atoms with van der Waals surface area (Å²) in [5, 5.41) is 11.7. The predicted octanol–water partition coefficient (Wildman–Crippen LogP) is 0.955.